The molecule has 0 aliphatic heterocycles. The average Bonchev–Trinajstić information content (AvgIpc) is 2.55. The molecule has 4 nitrogen and oxygen atoms in total. The average molecular weight is 336 g/mol. The smallest absolute Gasteiger partial charge is 0.240 e. The second-order valence-corrected chi connectivity index (χ2v) is 7.48. The quantitative estimate of drug-likeness (QED) is 0.790. The van der Waals surface area contributed by atoms with Crippen LogP contribution in [0.25, 0.3) is 0 Å². The van der Waals surface area contributed by atoms with Crippen LogP contribution in [0.5, 0.6) is 0 Å². The van der Waals surface area contributed by atoms with E-state index in [1.54, 1.807) is 23.9 Å². The molecule has 0 heterocycles. The van der Waals surface area contributed by atoms with Gasteiger partial charge in [0.2, 0.25) is 10.0 Å². The Kier molecular flexibility index (Phi) is 5.88. The zero-order valence-corrected chi connectivity index (χ0v) is 14.3. The molecule has 0 aliphatic carbocycles. The van der Waals surface area contributed by atoms with Gasteiger partial charge in [-0.15, -0.1) is 11.8 Å². The largest absolute Gasteiger partial charge is 0.373 e. The number of anilines is 1. The zero-order chi connectivity index (χ0) is 16.0. The van der Waals surface area contributed by atoms with Crippen LogP contribution in [0.4, 0.5) is 5.69 Å². The minimum absolute atomic E-state index is 0.299. The number of likely N-dealkylation sites (N-methyl/N-ethyl adjacent to an activating group) is 1. The molecule has 6 heteroatoms. The predicted octanol–water partition coefficient (Wildman–Crippen LogP) is 2.82. The van der Waals surface area contributed by atoms with Crippen LogP contribution in [0.15, 0.2) is 64.4 Å². The topological polar surface area (TPSA) is 49.4 Å². The van der Waals surface area contributed by atoms with Crippen molar-refractivity contribution in [3.05, 3.63) is 54.6 Å². The fraction of sp³-hybridized carbons (Fsp3) is 0.250. The van der Waals surface area contributed by atoms with E-state index in [1.165, 1.54) is 0 Å². The normalized spacial score (nSPS) is 11.4. The highest BCUT2D eigenvalue weighted by Crippen LogP contribution is 2.17. The molecule has 2 aromatic rings. The Hall–Kier alpha value is -1.50. The molecule has 22 heavy (non-hydrogen) atoms. The van der Waals surface area contributed by atoms with Crippen LogP contribution >= 0.6 is 11.8 Å². The van der Waals surface area contributed by atoms with Crippen molar-refractivity contribution in [2.45, 2.75) is 9.79 Å². The maximum Gasteiger partial charge on any atom is 0.240 e. The van der Waals surface area contributed by atoms with E-state index in [9.17, 15) is 8.42 Å². The highest BCUT2D eigenvalue weighted by molar-refractivity contribution is 7.98. The van der Waals surface area contributed by atoms with Gasteiger partial charge in [-0.25, -0.2) is 13.1 Å². The maximum absolute atomic E-state index is 12.2. The Morgan fingerprint density at radius 3 is 2.27 bits per heavy atom. The number of hydrogen-bond acceptors (Lipinski definition) is 4. The molecule has 2 rings (SSSR count). The van der Waals surface area contributed by atoms with Crippen LogP contribution in [0.1, 0.15) is 0 Å². The first-order valence-electron chi connectivity index (χ1n) is 6.93. The van der Waals surface area contributed by atoms with E-state index in [4.69, 9.17) is 0 Å². The number of para-hydroxylation sites is 1. The van der Waals surface area contributed by atoms with E-state index < -0.39 is 10.0 Å². The lowest BCUT2D eigenvalue weighted by atomic mass is 10.3. The number of nitrogens with one attached hydrogen (secondary N) is 1. The molecule has 0 radical (unpaired) electrons. The lowest BCUT2D eigenvalue weighted by Crippen LogP contribution is -2.33. The van der Waals surface area contributed by atoms with Crippen molar-refractivity contribution >= 4 is 27.5 Å². The first kappa shape index (κ1) is 16.9. The van der Waals surface area contributed by atoms with Crippen molar-refractivity contribution < 1.29 is 8.42 Å². The van der Waals surface area contributed by atoms with Crippen molar-refractivity contribution in [3.8, 4) is 0 Å². The lowest BCUT2D eigenvalue weighted by Gasteiger charge is -2.19. The molecular formula is C16H20N2O2S2. The Balaban J connectivity index is 1.92. The number of thioether (sulfide) groups is 1. The van der Waals surface area contributed by atoms with Crippen LogP contribution in [-0.4, -0.2) is 34.8 Å². The maximum atomic E-state index is 12.2. The Morgan fingerprint density at radius 1 is 1.05 bits per heavy atom. The van der Waals surface area contributed by atoms with Crippen LogP contribution in [-0.2, 0) is 10.0 Å². The van der Waals surface area contributed by atoms with Crippen molar-refractivity contribution in [3.63, 3.8) is 0 Å². The molecule has 2 aromatic carbocycles. The molecule has 0 amide bonds. The summed E-state index contributed by atoms with van der Waals surface area (Å²) in [6.45, 7) is 0.962. The molecule has 0 saturated heterocycles. The number of hydrogen-bond donors (Lipinski definition) is 1. The van der Waals surface area contributed by atoms with Crippen LogP contribution in [0, 0.1) is 0 Å². The molecule has 1 N–H and O–H groups in total. The monoisotopic (exact) mass is 336 g/mol. The number of rotatable bonds is 7. The van der Waals surface area contributed by atoms with E-state index in [0.717, 1.165) is 10.6 Å². The SMILES string of the molecule is CSc1ccc(S(=O)(=O)NCCN(C)c2ccccc2)cc1. The summed E-state index contributed by atoms with van der Waals surface area (Å²) >= 11 is 1.59. The molecule has 0 saturated carbocycles. The van der Waals surface area contributed by atoms with Gasteiger partial charge in [0, 0.05) is 30.7 Å². The number of sulfonamides is 1. The summed E-state index contributed by atoms with van der Waals surface area (Å²) in [4.78, 5) is 3.36. The molecule has 0 aromatic heterocycles. The van der Waals surface area contributed by atoms with Crippen LogP contribution in [0.2, 0.25) is 0 Å². The predicted molar refractivity (Wildman–Crippen MR) is 93.1 cm³/mol. The van der Waals surface area contributed by atoms with Crippen LogP contribution in [0.3, 0.4) is 0 Å². The molecule has 0 spiro atoms. The summed E-state index contributed by atoms with van der Waals surface area (Å²) in [5, 5.41) is 0. The van der Waals surface area contributed by atoms with Gasteiger partial charge in [0.05, 0.1) is 4.90 Å². The van der Waals surface area contributed by atoms with E-state index in [-0.39, 0.29) is 0 Å². The van der Waals surface area contributed by atoms with Crippen molar-refractivity contribution in [1.82, 2.24) is 4.72 Å². The summed E-state index contributed by atoms with van der Waals surface area (Å²) in [6.07, 6.45) is 1.96. The fourth-order valence-electron chi connectivity index (χ4n) is 2.00. The van der Waals surface area contributed by atoms with Gasteiger partial charge in [0.15, 0.2) is 0 Å². The molecule has 0 bridgehead atoms. The van der Waals surface area contributed by atoms with Gasteiger partial charge in [0.25, 0.3) is 0 Å². The van der Waals surface area contributed by atoms with E-state index in [1.807, 2.05) is 60.7 Å². The van der Waals surface area contributed by atoms with Gasteiger partial charge in [-0.05, 0) is 42.7 Å². The van der Waals surface area contributed by atoms with Gasteiger partial charge in [-0.3, -0.25) is 0 Å². The standard InChI is InChI=1S/C16H20N2O2S2/c1-18(14-6-4-3-5-7-14)13-12-17-22(19,20)16-10-8-15(21-2)9-11-16/h3-11,17H,12-13H2,1-2H3. The van der Waals surface area contributed by atoms with Crippen molar-refractivity contribution in [2.75, 3.05) is 31.3 Å². The molecule has 0 atom stereocenters. The number of nitrogens with zero attached hydrogens (tertiary/aromatic N) is 1. The second kappa shape index (κ2) is 7.67. The summed E-state index contributed by atoms with van der Waals surface area (Å²) in [6, 6.07) is 16.8. The third-order valence-electron chi connectivity index (χ3n) is 3.31. The van der Waals surface area contributed by atoms with Gasteiger partial charge < -0.3 is 4.90 Å². The second-order valence-electron chi connectivity index (χ2n) is 4.83. The minimum atomic E-state index is -3.45. The van der Waals surface area contributed by atoms with Gasteiger partial charge in [-0.1, -0.05) is 18.2 Å². The first-order chi connectivity index (χ1) is 10.5. The van der Waals surface area contributed by atoms with E-state index in [0.29, 0.717) is 18.0 Å². The summed E-state index contributed by atoms with van der Waals surface area (Å²) in [7, 11) is -1.51. The number of benzene rings is 2. The van der Waals surface area contributed by atoms with E-state index >= 15 is 0 Å². The molecular weight excluding hydrogens is 316 g/mol. The Morgan fingerprint density at radius 2 is 1.68 bits per heavy atom. The first-order valence-corrected chi connectivity index (χ1v) is 9.63. The summed E-state index contributed by atoms with van der Waals surface area (Å²) in [5.41, 5.74) is 1.06. The van der Waals surface area contributed by atoms with Gasteiger partial charge in [0.1, 0.15) is 0 Å². The summed E-state index contributed by atoms with van der Waals surface area (Å²) in [5.74, 6) is 0. The highest BCUT2D eigenvalue weighted by atomic mass is 32.2. The fourth-order valence-corrected chi connectivity index (χ4v) is 3.43. The van der Waals surface area contributed by atoms with Gasteiger partial charge in [-0.2, -0.15) is 0 Å². The molecule has 0 unspecified atom stereocenters. The summed E-state index contributed by atoms with van der Waals surface area (Å²) < 4.78 is 27.1. The molecule has 0 fully saturated rings. The lowest BCUT2D eigenvalue weighted by molar-refractivity contribution is 0.581. The molecule has 0 aliphatic rings. The van der Waals surface area contributed by atoms with Crippen molar-refractivity contribution in [2.24, 2.45) is 0 Å². The molecule has 118 valence electrons. The Bertz CT molecular complexity index is 686. The Labute approximate surface area is 136 Å². The minimum Gasteiger partial charge on any atom is -0.373 e. The third-order valence-corrected chi connectivity index (χ3v) is 5.53. The highest BCUT2D eigenvalue weighted by Gasteiger charge is 2.13. The zero-order valence-electron chi connectivity index (χ0n) is 12.7. The van der Waals surface area contributed by atoms with E-state index in [2.05, 4.69) is 4.72 Å². The van der Waals surface area contributed by atoms with Gasteiger partial charge >= 0.3 is 0 Å². The third kappa shape index (κ3) is 4.50. The van der Waals surface area contributed by atoms with Crippen molar-refractivity contribution in [1.29, 1.82) is 0 Å². The van der Waals surface area contributed by atoms with Crippen LogP contribution < -0.4 is 9.62 Å².